The number of nitrogens with zero attached hydrogens (tertiary/aromatic N) is 1. The van der Waals surface area contributed by atoms with Crippen LogP contribution < -0.4 is 19.7 Å². The van der Waals surface area contributed by atoms with Gasteiger partial charge in [-0.3, -0.25) is 14.9 Å². The number of ether oxygens (including phenoxy) is 2. The molecule has 1 saturated heterocycles. The van der Waals surface area contributed by atoms with Gasteiger partial charge in [0, 0.05) is 21.2 Å². The SMILES string of the molecule is COc1ccc(N2C(=O)NC(=O)/C(=C\c3cc(Cl)cc(Cl)c3OCc3ccccc3Cl)C2=O)cc1. The molecule has 10 heteroatoms. The molecule has 0 saturated carbocycles. The van der Waals surface area contributed by atoms with Crippen LogP contribution in [0.3, 0.4) is 0 Å². The molecule has 1 aliphatic heterocycles. The van der Waals surface area contributed by atoms with Gasteiger partial charge in [0.2, 0.25) is 0 Å². The lowest BCUT2D eigenvalue weighted by Crippen LogP contribution is -2.54. The van der Waals surface area contributed by atoms with Gasteiger partial charge in [-0.15, -0.1) is 0 Å². The fraction of sp³-hybridized carbons (Fsp3) is 0.0800. The lowest BCUT2D eigenvalue weighted by molar-refractivity contribution is -0.122. The van der Waals surface area contributed by atoms with E-state index in [0.717, 1.165) is 4.90 Å². The summed E-state index contributed by atoms with van der Waals surface area (Å²) in [6, 6.07) is 15.5. The van der Waals surface area contributed by atoms with Crippen molar-refractivity contribution in [2.24, 2.45) is 0 Å². The Morgan fingerprint density at radius 2 is 1.66 bits per heavy atom. The number of urea groups is 1. The molecule has 7 nitrogen and oxygen atoms in total. The number of barbiturate groups is 1. The first kappa shape index (κ1) is 24.6. The molecule has 178 valence electrons. The minimum Gasteiger partial charge on any atom is -0.497 e. The van der Waals surface area contributed by atoms with Crippen LogP contribution in [0.15, 0.2) is 66.2 Å². The maximum atomic E-state index is 13.2. The van der Waals surface area contributed by atoms with Gasteiger partial charge in [0.25, 0.3) is 11.8 Å². The highest BCUT2D eigenvalue weighted by Gasteiger charge is 2.37. The molecule has 1 heterocycles. The summed E-state index contributed by atoms with van der Waals surface area (Å²) in [5, 5.41) is 3.11. The Kier molecular flexibility index (Phi) is 7.31. The summed E-state index contributed by atoms with van der Waals surface area (Å²) in [5.74, 6) is -0.952. The van der Waals surface area contributed by atoms with E-state index in [1.807, 2.05) is 6.07 Å². The van der Waals surface area contributed by atoms with Crippen LogP contribution in [0.4, 0.5) is 10.5 Å². The largest absolute Gasteiger partial charge is 0.497 e. The first-order chi connectivity index (χ1) is 16.8. The molecular formula is C25H17Cl3N2O5. The number of nitrogens with one attached hydrogen (secondary N) is 1. The summed E-state index contributed by atoms with van der Waals surface area (Å²) in [6.45, 7) is 0.0772. The van der Waals surface area contributed by atoms with Gasteiger partial charge in [-0.25, -0.2) is 9.69 Å². The molecule has 0 aromatic heterocycles. The Morgan fingerprint density at radius 1 is 0.943 bits per heavy atom. The molecule has 1 fully saturated rings. The molecular weight excluding hydrogens is 515 g/mol. The van der Waals surface area contributed by atoms with E-state index in [1.165, 1.54) is 37.5 Å². The van der Waals surface area contributed by atoms with E-state index in [0.29, 0.717) is 16.3 Å². The molecule has 3 aromatic rings. The highest BCUT2D eigenvalue weighted by atomic mass is 35.5. The quantitative estimate of drug-likeness (QED) is 0.316. The number of imide groups is 2. The Morgan fingerprint density at radius 3 is 2.34 bits per heavy atom. The number of hydrogen-bond donors (Lipinski definition) is 1. The Balaban J connectivity index is 1.71. The Bertz CT molecular complexity index is 1360. The van der Waals surface area contributed by atoms with E-state index in [1.54, 1.807) is 30.3 Å². The average molecular weight is 532 g/mol. The maximum Gasteiger partial charge on any atom is 0.335 e. The van der Waals surface area contributed by atoms with E-state index in [2.05, 4.69) is 5.32 Å². The number of carbonyl (C=O) groups excluding carboxylic acids is 3. The topological polar surface area (TPSA) is 84.9 Å². The Hall–Kier alpha value is -3.52. The molecule has 35 heavy (non-hydrogen) atoms. The van der Waals surface area contributed by atoms with Crippen molar-refractivity contribution < 1.29 is 23.9 Å². The molecule has 1 aliphatic rings. The van der Waals surface area contributed by atoms with Crippen LogP contribution in [0.2, 0.25) is 15.1 Å². The first-order valence-electron chi connectivity index (χ1n) is 10.2. The summed E-state index contributed by atoms with van der Waals surface area (Å²) < 4.78 is 11.0. The van der Waals surface area contributed by atoms with Crippen LogP contribution in [-0.4, -0.2) is 25.0 Å². The van der Waals surface area contributed by atoms with Gasteiger partial charge >= 0.3 is 6.03 Å². The zero-order chi connectivity index (χ0) is 25.1. The molecule has 4 rings (SSSR count). The minimum atomic E-state index is -0.873. The maximum absolute atomic E-state index is 13.2. The van der Waals surface area contributed by atoms with Gasteiger partial charge < -0.3 is 9.47 Å². The summed E-state index contributed by atoms with van der Waals surface area (Å²) in [4.78, 5) is 39.2. The third-order valence-corrected chi connectivity index (χ3v) is 5.97. The summed E-state index contributed by atoms with van der Waals surface area (Å²) in [6.07, 6.45) is 1.28. The van der Waals surface area contributed by atoms with Crippen molar-refractivity contribution in [1.82, 2.24) is 5.32 Å². The molecule has 3 aromatic carbocycles. The third kappa shape index (κ3) is 5.27. The van der Waals surface area contributed by atoms with Crippen LogP contribution in [0, 0.1) is 0 Å². The van der Waals surface area contributed by atoms with Gasteiger partial charge in [-0.05, 0) is 48.5 Å². The first-order valence-corrected chi connectivity index (χ1v) is 11.3. The van der Waals surface area contributed by atoms with Crippen LogP contribution in [-0.2, 0) is 16.2 Å². The summed E-state index contributed by atoms with van der Waals surface area (Å²) in [5.41, 5.74) is 0.936. The molecule has 0 unspecified atom stereocenters. The lowest BCUT2D eigenvalue weighted by atomic mass is 10.1. The molecule has 0 spiro atoms. The van der Waals surface area contributed by atoms with Gasteiger partial charge in [-0.1, -0.05) is 53.0 Å². The molecule has 0 bridgehead atoms. The second-order valence-corrected chi connectivity index (χ2v) is 8.59. The average Bonchev–Trinajstić information content (AvgIpc) is 2.82. The zero-order valence-electron chi connectivity index (χ0n) is 18.2. The zero-order valence-corrected chi connectivity index (χ0v) is 20.4. The number of carbonyl (C=O) groups is 3. The van der Waals surface area contributed by atoms with Gasteiger partial charge in [-0.2, -0.15) is 0 Å². The van der Waals surface area contributed by atoms with Crippen molar-refractivity contribution in [3.05, 3.63) is 92.4 Å². The van der Waals surface area contributed by atoms with E-state index in [9.17, 15) is 14.4 Å². The molecule has 1 N–H and O–H groups in total. The number of amides is 4. The van der Waals surface area contributed by atoms with Gasteiger partial charge in [0.1, 0.15) is 23.7 Å². The van der Waals surface area contributed by atoms with Crippen molar-refractivity contribution in [3.63, 3.8) is 0 Å². The number of methoxy groups -OCH3 is 1. The van der Waals surface area contributed by atoms with E-state index >= 15 is 0 Å². The number of halogens is 3. The number of rotatable bonds is 6. The smallest absolute Gasteiger partial charge is 0.335 e. The highest BCUT2D eigenvalue weighted by Crippen LogP contribution is 2.35. The van der Waals surface area contributed by atoms with E-state index in [4.69, 9.17) is 44.3 Å². The highest BCUT2D eigenvalue weighted by molar-refractivity contribution is 6.40. The van der Waals surface area contributed by atoms with E-state index in [-0.39, 0.29) is 39.2 Å². The number of anilines is 1. The second-order valence-electron chi connectivity index (χ2n) is 7.34. The standard InChI is InChI=1S/C25H17Cl3N2O5/c1-34-18-8-6-17(7-9-18)30-24(32)19(23(31)29-25(30)33)11-15-10-16(26)12-21(28)22(15)35-13-14-4-2-3-5-20(14)27/h2-12H,13H2,1H3,(H,29,31,33)/b19-11+. The van der Waals surface area contributed by atoms with Gasteiger partial charge in [0.15, 0.2) is 0 Å². The molecule has 0 aliphatic carbocycles. The van der Waals surface area contributed by atoms with Crippen LogP contribution in [0.1, 0.15) is 11.1 Å². The van der Waals surface area contributed by atoms with Crippen LogP contribution >= 0.6 is 34.8 Å². The van der Waals surface area contributed by atoms with Crippen molar-refractivity contribution in [1.29, 1.82) is 0 Å². The minimum absolute atomic E-state index is 0.0772. The normalized spacial score (nSPS) is 14.8. The fourth-order valence-electron chi connectivity index (χ4n) is 3.38. The van der Waals surface area contributed by atoms with Crippen molar-refractivity contribution in [2.75, 3.05) is 12.0 Å². The van der Waals surface area contributed by atoms with E-state index < -0.39 is 17.8 Å². The predicted octanol–water partition coefficient (Wildman–Crippen LogP) is 5.90. The van der Waals surface area contributed by atoms with Crippen molar-refractivity contribution >= 4 is 64.4 Å². The third-order valence-electron chi connectivity index (χ3n) is 5.10. The summed E-state index contributed by atoms with van der Waals surface area (Å²) >= 11 is 18.8. The van der Waals surface area contributed by atoms with Crippen molar-refractivity contribution in [3.8, 4) is 11.5 Å². The second kappa shape index (κ2) is 10.4. The number of hydrogen-bond acceptors (Lipinski definition) is 5. The number of benzene rings is 3. The fourth-order valence-corrected chi connectivity index (χ4v) is 4.14. The molecule has 0 radical (unpaired) electrons. The van der Waals surface area contributed by atoms with Crippen LogP contribution in [0.5, 0.6) is 11.5 Å². The molecule has 4 amide bonds. The Labute approximate surface area is 215 Å². The van der Waals surface area contributed by atoms with Crippen molar-refractivity contribution in [2.45, 2.75) is 6.61 Å². The summed E-state index contributed by atoms with van der Waals surface area (Å²) in [7, 11) is 1.49. The monoisotopic (exact) mass is 530 g/mol. The molecule has 0 atom stereocenters. The lowest BCUT2D eigenvalue weighted by Gasteiger charge is -2.26. The van der Waals surface area contributed by atoms with Crippen LogP contribution in [0.25, 0.3) is 6.08 Å². The van der Waals surface area contributed by atoms with Gasteiger partial charge in [0.05, 0.1) is 17.8 Å². The predicted molar refractivity (Wildman–Crippen MR) is 134 cm³/mol.